The Bertz CT molecular complexity index is 714. The van der Waals surface area contributed by atoms with Crippen LogP contribution in [0.4, 0.5) is 4.39 Å². The van der Waals surface area contributed by atoms with Crippen molar-refractivity contribution in [1.29, 1.82) is 0 Å². The van der Waals surface area contributed by atoms with Crippen molar-refractivity contribution in [2.75, 3.05) is 6.61 Å². The summed E-state index contributed by atoms with van der Waals surface area (Å²) in [6.07, 6.45) is -1.74. The Kier molecular flexibility index (Phi) is 5.86. The first kappa shape index (κ1) is 18.3. The second-order valence-electron chi connectivity index (χ2n) is 5.41. The fourth-order valence-electron chi connectivity index (χ4n) is 2.37. The number of nitrogens with zero attached hydrogens (tertiary/aromatic N) is 2. The average molecular weight is 346 g/mol. The van der Waals surface area contributed by atoms with Crippen molar-refractivity contribution in [3.8, 4) is 0 Å². The molecule has 0 saturated carbocycles. The molecule has 0 amide bonds. The highest BCUT2D eigenvalue weighted by Crippen LogP contribution is 2.27. The number of aliphatic hydroxyl groups excluding tert-OH is 2. The zero-order chi connectivity index (χ0) is 17.9. The van der Waals surface area contributed by atoms with E-state index in [1.165, 1.54) is 0 Å². The highest BCUT2D eigenvalue weighted by molar-refractivity contribution is 5.68. The largest absolute Gasteiger partial charge is 0.444 e. The second kappa shape index (κ2) is 7.69. The SMILES string of the molecule is CCCC(=O)OCn1c(=O)c(F)cn([C@@H]2CC(O)[C@H](CO)O2)c1=O. The van der Waals surface area contributed by atoms with Crippen molar-refractivity contribution >= 4 is 5.97 Å². The first-order chi connectivity index (χ1) is 11.4. The molecule has 0 aliphatic carbocycles. The number of carbonyl (C=O) groups excluding carboxylic acids is 1. The Morgan fingerprint density at radius 3 is 2.79 bits per heavy atom. The molecule has 0 radical (unpaired) electrons. The molecule has 2 N–H and O–H groups in total. The van der Waals surface area contributed by atoms with Crippen LogP contribution in [-0.2, 0) is 21.0 Å². The van der Waals surface area contributed by atoms with Gasteiger partial charge in [-0.05, 0) is 6.42 Å². The molecule has 1 fully saturated rings. The summed E-state index contributed by atoms with van der Waals surface area (Å²) in [5, 5.41) is 18.8. The van der Waals surface area contributed by atoms with Crippen molar-refractivity contribution < 1.29 is 28.9 Å². The van der Waals surface area contributed by atoms with Crippen molar-refractivity contribution in [3.05, 3.63) is 32.9 Å². The van der Waals surface area contributed by atoms with Crippen LogP contribution in [0, 0.1) is 5.82 Å². The van der Waals surface area contributed by atoms with Gasteiger partial charge in [0.25, 0.3) is 5.56 Å². The molecule has 0 spiro atoms. The van der Waals surface area contributed by atoms with Crippen LogP contribution >= 0.6 is 0 Å². The predicted molar refractivity (Wildman–Crippen MR) is 77.5 cm³/mol. The normalized spacial score (nSPS) is 23.4. The summed E-state index contributed by atoms with van der Waals surface area (Å²) in [4.78, 5) is 35.5. The van der Waals surface area contributed by atoms with Crippen LogP contribution < -0.4 is 11.2 Å². The second-order valence-corrected chi connectivity index (χ2v) is 5.41. The monoisotopic (exact) mass is 346 g/mol. The molecule has 1 unspecified atom stereocenters. The molecule has 24 heavy (non-hydrogen) atoms. The highest BCUT2D eigenvalue weighted by Gasteiger charge is 2.35. The van der Waals surface area contributed by atoms with E-state index in [1.54, 1.807) is 6.92 Å². The molecule has 2 rings (SSSR count). The zero-order valence-corrected chi connectivity index (χ0v) is 13.1. The molecule has 1 saturated heterocycles. The first-order valence-corrected chi connectivity index (χ1v) is 7.50. The molecular weight excluding hydrogens is 327 g/mol. The third kappa shape index (κ3) is 3.71. The van der Waals surface area contributed by atoms with Crippen LogP contribution in [0.15, 0.2) is 15.8 Å². The van der Waals surface area contributed by atoms with Gasteiger partial charge in [-0.15, -0.1) is 0 Å². The van der Waals surface area contributed by atoms with Crippen LogP contribution in [0.1, 0.15) is 32.4 Å². The van der Waals surface area contributed by atoms with Crippen LogP contribution in [0.5, 0.6) is 0 Å². The van der Waals surface area contributed by atoms with Crippen LogP contribution in [0.25, 0.3) is 0 Å². The summed E-state index contributed by atoms with van der Waals surface area (Å²) in [7, 11) is 0. The maximum absolute atomic E-state index is 13.8. The molecule has 3 atom stereocenters. The van der Waals surface area contributed by atoms with E-state index >= 15 is 0 Å². The van der Waals surface area contributed by atoms with Gasteiger partial charge >= 0.3 is 11.7 Å². The number of aliphatic hydroxyl groups is 2. The third-order valence-corrected chi connectivity index (χ3v) is 3.66. The van der Waals surface area contributed by atoms with Gasteiger partial charge in [0, 0.05) is 12.8 Å². The lowest BCUT2D eigenvalue weighted by Gasteiger charge is -2.16. The van der Waals surface area contributed by atoms with Gasteiger partial charge in [-0.25, -0.2) is 9.36 Å². The Labute approximate surface area is 135 Å². The minimum absolute atomic E-state index is 0.0571. The molecule has 0 bridgehead atoms. The molecule has 1 aliphatic rings. The minimum Gasteiger partial charge on any atom is -0.444 e. The summed E-state index contributed by atoms with van der Waals surface area (Å²) < 4.78 is 25.1. The van der Waals surface area contributed by atoms with Crippen LogP contribution in [0.3, 0.4) is 0 Å². The smallest absolute Gasteiger partial charge is 0.336 e. The summed E-state index contributed by atoms with van der Waals surface area (Å²) in [5.74, 6) is -1.85. The Morgan fingerprint density at radius 2 is 2.21 bits per heavy atom. The molecule has 1 aliphatic heterocycles. The van der Waals surface area contributed by atoms with E-state index in [1.807, 2.05) is 0 Å². The number of carbonyl (C=O) groups is 1. The van der Waals surface area contributed by atoms with Crippen molar-refractivity contribution in [2.45, 2.75) is 51.4 Å². The number of halogens is 1. The Morgan fingerprint density at radius 1 is 1.50 bits per heavy atom. The van der Waals surface area contributed by atoms with E-state index in [4.69, 9.17) is 14.6 Å². The van der Waals surface area contributed by atoms with E-state index in [-0.39, 0.29) is 12.8 Å². The average Bonchev–Trinajstić information content (AvgIpc) is 2.92. The molecule has 0 aromatic carbocycles. The summed E-state index contributed by atoms with van der Waals surface area (Å²) >= 11 is 0. The van der Waals surface area contributed by atoms with Crippen molar-refractivity contribution in [3.63, 3.8) is 0 Å². The van der Waals surface area contributed by atoms with E-state index in [0.717, 1.165) is 4.57 Å². The number of rotatable bonds is 6. The summed E-state index contributed by atoms with van der Waals surface area (Å²) in [5.41, 5.74) is -2.17. The molecule has 2 heterocycles. The van der Waals surface area contributed by atoms with Gasteiger partial charge in [-0.3, -0.25) is 14.2 Å². The number of hydrogen-bond donors (Lipinski definition) is 2. The van der Waals surface area contributed by atoms with Gasteiger partial charge in [-0.1, -0.05) is 6.92 Å². The Balaban J connectivity index is 2.30. The van der Waals surface area contributed by atoms with Crippen LogP contribution in [-0.4, -0.2) is 44.1 Å². The van der Waals surface area contributed by atoms with E-state index < -0.39 is 54.8 Å². The Hall–Kier alpha value is -2.04. The number of aromatic nitrogens is 2. The maximum Gasteiger partial charge on any atom is 0.336 e. The molecule has 10 heteroatoms. The van der Waals surface area contributed by atoms with Gasteiger partial charge in [-0.2, -0.15) is 4.39 Å². The molecule has 1 aromatic rings. The lowest BCUT2D eigenvalue weighted by atomic mass is 10.2. The van der Waals surface area contributed by atoms with E-state index in [9.17, 15) is 23.9 Å². The van der Waals surface area contributed by atoms with Gasteiger partial charge in [0.05, 0.1) is 18.9 Å². The van der Waals surface area contributed by atoms with Gasteiger partial charge in [0.2, 0.25) is 5.82 Å². The molecule has 1 aromatic heterocycles. The maximum atomic E-state index is 13.8. The van der Waals surface area contributed by atoms with E-state index in [2.05, 4.69) is 0 Å². The molecular formula is C14H19FN2O7. The zero-order valence-electron chi connectivity index (χ0n) is 13.1. The third-order valence-electron chi connectivity index (χ3n) is 3.66. The molecule has 134 valence electrons. The number of ether oxygens (including phenoxy) is 2. The summed E-state index contributed by atoms with van der Waals surface area (Å²) in [6, 6.07) is 0. The quantitative estimate of drug-likeness (QED) is 0.640. The van der Waals surface area contributed by atoms with Crippen molar-refractivity contribution in [1.82, 2.24) is 9.13 Å². The van der Waals surface area contributed by atoms with Crippen molar-refractivity contribution in [2.24, 2.45) is 0 Å². The fraction of sp³-hybridized carbons (Fsp3) is 0.643. The highest BCUT2D eigenvalue weighted by atomic mass is 19.1. The van der Waals surface area contributed by atoms with Crippen LogP contribution in [0.2, 0.25) is 0 Å². The topological polar surface area (TPSA) is 120 Å². The van der Waals surface area contributed by atoms with Gasteiger partial charge in [0.15, 0.2) is 6.73 Å². The molecule has 9 nitrogen and oxygen atoms in total. The fourth-order valence-corrected chi connectivity index (χ4v) is 2.37. The van der Waals surface area contributed by atoms with Gasteiger partial charge in [0.1, 0.15) is 12.3 Å². The predicted octanol–water partition coefficient (Wildman–Crippen LogP) is -0.909. The van der Waals surface area contributed by atoms with Gasteiger partial charge < -0.3 is 19.7 Å². The lowest BCUT2D eigenvalue weighted by Crippen LogP contribution is -2.43. The number of hydrogen-bond acceptors (Lipinski definition) is 7. The number of esters is 1. The lowest BCUT2D eigenvalue weighted by molar-refractivity contribution is -0.147. The minimum atomic E-state index is -1.23. The van der Waals surface area contributed by atoms with E-state index in [0.29, 0.717) is 17.2 Å². The summed E-state index contributed by atoms with van der Waals surface area (Å²) in [6.45, 7) is 0.569. The first-order valence-electron chi connectivity index (χ1n) is 7.50. The standard InChI is InChI=1S/C14H19FN2O7/c1-2-3-12(20)23-7-17-13(21)8(15)5-16(14(17)22)11-4-9(19)10(6-18)24-11/h5,9-11,18-19H,2-4,6-7H2,1H3/t9?,10-,11-/m0/s1.